The van der Waals surface area contributed by atoms with E-state index in [1.807, 2.05) is 30.3 Å². The van der Waals surface area contributed by atoms with Crippen molar-refractivity contribution in [2.45, 2.75) is 0 Å². The first kappa shape index (κ1) is 39.7. The zero-order valence-corrected chi connectivity index (χ0v) is 36.6. The second-order valence-corrected chi connectivity index (χ2v) is 17.1. The quantitative estimate of drug-likeness (QED) is 0.0685. The summed E-state index contributed by atoms with van der Waals surface area (Å²) in [6.07, 6.45) is 4.19. The molecule has 0 saturated heterocycles. The van der Waals surface area contributed by atoms with Crippen molar-refractivity contribution in [3.63, 3.8) is 0 Å². The molecule has 1 heterocycles. The predicted octanol–water partition coefficient (Wildman–Crippen LogP) is 16.8. The number of hydrogen-bond donors (Lipinski definition) is 1. The summed E-state index contributed by atoms with van der Waals surface area (Å²) in [5.74, 6) is 0.205. The van der Waals surface area contributed by atoms with Crippen molar-refractivity contribution < 1.29 is 0 Å². The van der Waals surface area contributed by atoms with E-state index in [1.54, 1.807) is 0 Å². The number of para-hydroxylation sites is 2. The average molecular weight is 854 g/mol. The largest absolute Gasteiger partial charge is 0.309 e. The van der Waals surface area contributed by atoms with E-state index < -0.39 is 0 Å². The highest BCUT2D eigenvalue weighted by Gasteiger charge is 2.17. The first-order valence-electron chi connectivity index (χ1n) is 22.8. The van der Waals surface area contributed by atoms with Crippen LogP contribution in [0.2, 0.25) is 0 Å². The molecular weight excluding hydrogens is 811 g/mol. The van der Waals surface area contributed by atoms with Crippen LogP contribution in [0.4, 0.5) is 0 Å². The molecule has 0 atom stereocenters. The number of benzene rings is 11. The number of nitrogens with one attached hydrogen (secondary N) is 1. The highest BCUT2D eigenvalue weighted by Crippen LogP contribution is 2.41. The number of hydrogen-bond acceptors (Lipinski definition) is 1. The molecule has 0 aliphatic rings. The van der Waals surface area contributed by atoms with Crippen LogP contribution in [0, 0.1) is 5.41 Å². The van der Waals surface area contributed by atoms with Crippen molar-refractivity contribution in [1.29, 1.82) is 5.41 Å². The Bertz CT molecular complexity index is 3930. The van der Waals surface area contributed by atoms with Gasteiger partial charge in [0.2, 0.25) is 0 Å². The molecule has 12 aromatic rings. The van der Waals surface area contributed by atoms with Gasteiger partial charge in [-0.2, -0.15) is 0 Å². The van der Waals surface area contributed by atoms with Crippen LogP contribution in [0.1, 0.15) is 16.7 Å². The van der Waals surface area contributed by atoms with Crippen molar-refractivity contribution in [3.05, 3.63) is 265 Å². The summed E-state index contributed by atoms with van der Waals surface area (Å²) < 4.78 is 2.34. The topological polar surface area (TPSA) is 41.1 Å². The fraction of sp³-hybridized carbons (Fsp3) is 0. The maximum Gasteiger partial charge on any atom is 0.152 e. The summed E-state index contributed by atoms with van der Waals surface area (Å²) in [4.78, 5) is 5.08. The van der Waals surface area contributed by atoms with Crippen molar-refractivity contribution in [2.24, 2.45) is 4.99 Å². The summed E-state index contributed by atoms with van der Waals surface area (Å²) in [5.41, 5.74) is 13.7. The zero-order valence-electron chi connectivity index (χ0n) is 36.6. The lowest BCUT2D eigenvalue weighted by molar-refractivity contribution is 1.18. The van der Waals surface area contributed by atoms with Gasteiger partial charge in [-0.25, -0.2) is 4.99 Å². The van der Waals surface area contributed by atoms with E-state index in [1.165, 1.54) is 59.7 Å². The van der Waals surface area contributed by atoms with Crippen LogP contribution in [0.5, 0.6) is 0 Å². The van der Waals surface area contributed by atoms with Gasteiger partial charge in [0, 0.05) is 27.6 Å². The Hall–Kier alpha value is -8.92. The van der Waals surface area contributed by atoms with Crippen LogP contribution in [0.25, 0.3) is 99.3 Å². The Balaban J connectivity index is 0.946. The average Bonchev–Trinajstić information content (AvgIpc) is 3.73. The molecule has 11 aromatic carbocycles. The molecule has 1 aromatic heterocycles. The minimum Gasteiger partial charge on any atom is -0.309 e. The monoisotopic (exact) mass is 853 g/mol. The molecule has 1 N–H and O–H groups in total. The third-order valence-corrected chi connectivity index (χ3v) is 13.1. The van der Waals surface area contributed by atoms with Crippen LogP contribution < -0.4 is 0 Å². The molecule has 67 heavy (non-hydrogen) atoms. The Morgan fingerprint density at radius 2 is 1.06 bits per heavy atom. The maximum absolute atomic E-state index is 9.20. The summed E-state index contributed by atoms with van der Waals surface area (Å²) in [5, 5.41) is 19.1. The van der Waals surface area contributed by atoms with Gasteiger partial charge >= 0.3 is 0 Å². The van der Waals surface area contributed by atoms with Gasteiger partial charge in [-0.3, -0.25) is 5.41 Å². The SMILES string of the molecule is N=C(N=C(/C=C/c1cccc(-c2cccc(-c3c4ccccc4cc4c3ccc3ccccc34)c2)c1)c1ccccc1-c1ccc2c(c1)c1ccccc1n2-c1ccccc1)c1ccccc1. The van der Waals surface area contributed by atoms with Crippen molar-refractivity contribution >= 4 is 71.7 Å². The van der Waals surface area contributed by atoms with Gasteiger partial charge in [0.25, 0.3) is 0 Å². The Labute approximate surface area is 389 Å². The summed E-state index contributed by atoms with van der Waals surface area (Å²) in [6, 6.07) is 86.0. The molecule has 0 bridgehead atoms. The first-order chi connectivity index (χ1) is 33.1. The Morgan fingerprint density at radius 1 is 0.403 bits per heavy atom. The minimum absolute atomic E-state index is 0.205. The van der Waals surface area contributed by atoms with Gasteiger partial charge in [0.15, 0.2) is 5.84 Å². The fourth-order valence-corrected chi connectivity index (χ4v) is 9.90. The van der Waals surface area contributed by atoms with E-state index in [9.17, 15) is 5.41 Å². The number of fused-ring (bicyclic) bond motifs is 7. The normalized spacial score (nSPS) is 12.0. The predicted molar refractivity (Wildman–Crippen MR) is 285 cm³/mol. The minimum atomic E-state index is 0.205. The van der Waals surface area contributed by atoms with Crippen molar-refractivity contribution in [2.75, 3.05) is 0 Å². The highest BCUT2D eigenvalue weighted by molar-refractivity contribution is 6.22. The molecule has 0 radical (unpaired) electrons. The number of rotatable bonds is 8. The van der Waals surface area contributed by atoms with Crippen LogP contribution >= 0.6 is 0 Å². The maximum atomic E-state index is 9.20. The molecule has 314 valence electrons. The second-order valence-electron chi connectivity index (χ2n) is 17.1. The summed E-state index contributed by atoms with van der Waals surface area (Å²) in [7, 11) is 0. The van der Waals surface area contributed by atoms with Gasteiger partial charge in [-0.15, -0.1) is 0 Å². The smallest absolute Gasteiger partial charge is 0.152 e. The number of amidine groups is 1. The molecule has 0 aliphatic carbocycles. The lowest BCUT2D eigenvalue weighted by Crippen LogP contribution is -2.05. The fourth-order valence-electron chi connectivity index (χ4n) is 9.90. The molecule has 0 spiro atoms. The number of nitrogens with zero attached hydrogens (tertiary/aromatic N) is 2. The van der Waals surface area contributed by atoms with Gasteiger partial charge in [-0.05, 0) is 126 Å². The molecule has 0 unspecified atom stereocenters. The molecule has 0 saturated carbocycles. The zero-order chi connectivity index (χ0) is 44.7. The molecular formula is C64H43N3. The molecule has 0 amide bonds. The first-order valence-corrected chi connectivity index (χ1v) is 22.8. The van der Waals surface area contributed by atoms with E-state index in [4.69, 9.17) is 4.99 Å². The number of allylic oxidation sites excluding steroid dienone is 1. The van der Waals surface area contributed by atoms with Gasteiger partial charge < -0.3 is 4.57 Å². The molecule has 12 rings (SSSR count). The Morgan fingerprint density at radius 3 is 1.91 bits per heavy atom. The van der Waals surface area contributed by atoms with Gasteiger partial charge in [0.1, 0.15) is 0 Å². The van der Waals surface area contributed by atoms with Crippen LogP contribution in [0.15, 0.2) is 254 Å². The molecule has 0 fully saturated rings. The van der Waals surface area contributed by atoms with E-state index in [2.05, 4.69) is 229 Å². The molecule has 3 nitrogen and oxygen atoms in total. The summed E-state index contributed by atoms with van der Waals surface area (Å²) >= 11 is 0. The van der Waals surface area contributed by atoms with Gasteiger partial charge in [0.05, 0.1) is 16.7 Å². The molecule has 0 aliphatic heterocycles. The lowest BCUT2D eigenvalue weighted by atomic mass is 9.88. The van der Waals surface area contributed by atoms with Crippen LogP contribution in [0.3, 0.4) is 0 Å². The van der Waals surface area contributed by atoms with Crippen molar-refractivity contribution in [1.82, 2.24) is 4.57 Å². The van der Waals surface area contributed by atoms with E-state index in [0.29, 0.717) is 5.71 Å². The molecule has 3 heteroatoms. The third-order valence-electron chi connectivity index (χ3n) is 13.1. The Kier molecular flexibility index (Phi) is 10.00. The lowest BCUT2D eigenvalue weighted by Gasteiger charge is -2.15. The van der Waals surface area contributed by atoms with E-state index >= 15 is 0 Å². The van der Waals surface area contributed by atoms with E-state index in [0.717, 1.165) is 50.1 Å². The standard InChI is InChI=1S/C64H43N3/c65-64(45-19-3-1-4-20-45)66-60(55-30-12-11-28-53(55)49-35-38-62-59(42-49)56-31-13-14-32-61(56)67(62)51-25-5-2-6-26-51)37-33-43-17-15-22-46(39-43)47-23-16-24-50(40-47)63-54-29-10-8-21-48(54)41-58-52-27-9-7-18-44(52)34-36-57(58)63/h1-42,65H/b37-33+,65-64?,66-60?. The highest BCUT2D eigenvalue weighted by atomic mass is 15.0. The number of aliphatic imine (C=N–C) groups is 1. The number of aromatic nitrogens is 1. The van der Waals surface area contributed by atoms with Crippen molar-refractivity contribution in [3.8, 4) is 39.1 Å². The van der Waals surface area contributed by atoms with Crippen LogP contribution in [-0.4, -0.2) is 16.1 Å². The van der Waals surface area contributed by atoms with E-state index in [-0.39, 0.29) is 5.84 Å². The second kappa shape index (κ2) is 16.9. The summed E-state index contributed by atoms with van der Waals surface area (Å²) in [6.45, 7) is 0. The van der Waals surface area contributed by atoms with Gasteiger partial charge in [-0.1, -0.05) is 200 Å². The van der Waals surface area contributed by atoms with Crippen LogP contribution in [-0.2, 0) is 0 Å². The third kappa shape index (κ3) is 7.29.